The number of benzene rings is 1. The summed E-state index contributed by atoms with van der Waals surface area (Å²) in [5.41, 5.74) is 4.22. The highest BCUT2D eigenvalue weighted by molar-refractivity contribution is 5.93. The molecule has 3 heterocycles. The van der Waals surface area contributed by atoms with Crippen LogP contribution < -0.4 is 10.1 Å². The van der Waals surface area contributed by atoms with Crippen molar-refractivity contribution in [2.24, 2.45) is 14.1 Å². The van der Waals surface area contributed by atoms with Gasteiger partial charge in [0.2, 0.25) is 5.88 Å². The fourth-order valence-corrected chi connectivity index (χ4v) is 3.44. The van der Waals surface area contributed by atoms with Crippen LogP contribution in [-0.4, -0.2) is 49.9 Å². The second kappa shape index (κ2) is 8.66. The summed E-state index contributed by atoms with van der Waals surface area (Å²) >= 11 is 0. The lowest BCUT2D eigenvalue weighted by atomic mass is 10.1. The van der Waals surface area contributed by atoms with E-state index < -0.39 is 0 Å². The molecule has 0 atom stereocenters. The molecule has 3 aromatic rings. The van der Waals surface area contributed by atoms with Gasteiger partial charge >= 0.3 is 0 Å². The summed E-state index contributed by atoms with van der Waals surface area (Å²) in [6, 6.07) is 9.89. The molecule has 1 amide bonds. The van der Waals surface area contributed by atoms with Gasteiger partial charge in [0.1, 0.15) is 23.7 Å². The van der Waals surface area contributed by atoms with Crippen LogP contribution >= 0.6 is 0 Å². The molecule has 2 aromatic heterocycles. The van der Waals surface area contributed by atoms with Crippen LogP contribution in [0.1, 0.15) is 34.6 Å². The first-order valence-corrected chi connectivity index (χ1v) is 10.0. The van der Waals surface area contributed by atoms with Gasteiger partial charge in [0.15, 0.2) is 0 Å². The van der Waals surface area contributed by atoms with E-state index in [1.165, 1.54) is 10.2 Å². The van der Waals surface area contributed by atoms with Gasteiger partial charge in [0.25, 0.3) is 5.91 Å². The number of amides is 1. The van der Waals surface area contributed by atoms with Gasteiger partial charge < -0.3 is 14.8 Å². The normalized spacial score (nSPS) is 14.6. The van der Waals surface area contributed by atoms with Crippen molar-refractivity contribution in [2.45, 2.75) is 32.4 Å². The fourth-order valence-electron chi connectivity index (χ4n) is 3.44. The summed E-state index contributed by atoms with van der Waals surface area (Å²) in [4.78, 5) is 12.6. The molecule has 158 valence electrons. The van der Waals surface area contributed by atoms with Crippen molar-refractivity contribution in [1.82, 2.24) is 30.1 Å². The smallest absolute Gasteiger partial charge is 0.269 e. The minimum absolute atomic E-state index is 0.128. The summed E-state index contributed by atoms with van der Waals surface area (Å²) in [6.45, 7) is 3.63. The van der Waals surface area contributed by atoms with E-state index in [0.29, 0.717) is 24.8 Å². The predicted octanol–water partition coefficient (Wildman–Crippen LogP) is 2.01. The Hall–Kier alpha value is -3.20. The van der Waals surface area contributed by atoms with E-state index >= 15 is 0 Å². The van der Waals surface area contributed by atoms with Crippen LogP contribution in [0.4, 0.5) is 0 Å². The molecular formula is C21H26N6O3. The number of carbonyl (C=O) groups is 1. The number of nitrogens with one attached hydrogen (secondary N) is 1. The lowest BCUT2D eigenvalue weighted by Gasteiger charge is -2.22. The van der Waals surface area contributed by atoms with E-state index in [2.05, 4.69) is 20.7 Å². The third-order valence-electron chi connectivity index (χ3n) is 5.27. The number of rotatable bonds is 6. The molecule has 1 fully saturated rings. The molecule has 1 aliphatic rings. The second-order valence-electron chi connectivity index (χ2n) is 7.51. The van der Waals surface area contributed by atoms with E-state index in [1.807, 2.05) is 38.2 Å². The Kier molecular flexibility index (Phi) is 5.80. The average molecular weight is 410 g/mol. The molecule has 0 unspecified atom stereocenters. The molecule has 1 saturated heterocycles. The van der Waals surface area contributed by atoms with Crippen molar-refractivity contribution in [3.63, 3.8) is 0 Å². The van der Waals surface area contributed by atoms with Gasteiger partial charge in [-0.25, -0.2) is 4.68 Å². The summed E-state index contributed by atoms with van der Waals surface area (Å²) in [6.07, 6.45) is 1.64. The first kappa shape index (κ1) is 20.1. The number of aryl methyl sites for hydroxylation is 3. The maximum atomic E-state index is 12.6. The summed E-state index contributed by atoms with van der Waals surface area (Å²) in [7, 11) is 3.56. The van der Waals surface area contributed by atoms with Crippen molar-refractivity contribution >= 4 is 5.91 Å². The maximum Gasteiger partial charge on any atom is 0.269 e. The van der Waals surface area contributed by atoms with E-state index in [4.69, 9.17) is 9.47 Å². The topological polar surface area (TPSA) is 96.1 Å². The van der Waals surface area contributed by atoms with Gasteiger partial charge in [-0.2, -0.15) is 0 Å². The lowest BCUT2D eigenvalue weighted by molar-refractivity contribution is 0.0692. The Morgan fingerprint density at radius 1 is 1.20 bits per heavy atom. The van der Waals surface area contributed by atoms with E-state index in [0.717, 1.165) is 29.8 Å². The van der Waals surface area contributed by atoms with Crippen molar-refractivity contribution in [2.75, 3.05) is 13.2 Å². The maximum absolute atomic E-state index is 12.6. The van der Waals surface area contributed by atoms with Crippen molar-refractivity contribution in [3.8, 4) is 17.1 Å². The molecule has 4 rings (SSSR count). The number of aromatic nitrogens is 5. The van der Waals surface area contributed by atoms with Crippen LogP contribution in [0.5, 0.6) is 5.88 Å². The molecule has 0 spiro atoms. The number of carbonyl (C=O) groups excluding carboxylic acids is 1. The standard InChI is InChI=1S/C21H26N6O3/c1-14-4-6-15(7-5-14)20-18(27(3)25-23-20)13-30-19-12-17(26(2)24-19)21(28)22-16-8-10-29-11-9-16/h4-7,12,16H,8-11,13H2,1-3H3,(H,22,28). The fraction of sp³-hybridized carbons (Fsp3) is 0.429. The highest BCUT2D eigenvalue weighted by atomic mass is 16.5. The molecule has 0 radical (unpaired) electrons. The summed E-state index contributed by atoms with van der Waals surface area (Å²) in [5.74, 6) is 0.222. The molecule has 1 N–H and O–H groups in total. The minimum atomic E-state index is -0.158. The zero-order valence-corrected chi connectivity index (χ0v) is 17.5. The molecule has 0 bridgehead atoms. The molecule has 30 heavy (non-hydrogen) atoms. The molecular weight excluding hydrogens is 384 g/mol. The Labute approximate surface area is 175 Å². The number of hydrogen-bond donors (Lipinski definition) is 1. The Bertz CT molecular complexity index is 1020. The Balaban J connectivity index is 1.45. The Morgan fingerprint density at radius 2 is 1.93 bits per heavy atom. The average Bonchev–Trinajstić information content (AvgIpc) is 3.30. The van der Waals surface area contributed by atoms with Crippen molar-refractivity contribution < 1.29 is 14.3 Å². The number of ether oxygens (including phenoxy) is 2. The SMILES string of the molecule is Cc1ccc(-c2nnn(C)c2COc2cc(C(=O)NC3CCOCC3)n(C)n2)cc1. The van der Waals surface area contributed by atoms with Crippen LogP contribution in [0, 0.1) is 6.92 Å². The lowest BCUT2D eigenvalue weighted by Crippen LogP contribution is -2.39. The first-order chi connectivity index (χ1) is 14.5. The summed E-state index contributed by atoms with van der Waals surface area (Å²) in [5, 5.41) is 15.8. The quantitative estimate of drug-likeness (QED) is 0.668. The molecule has 0 saturated carbocycles. The second-order valence-corrected chi connectivity index (χ2v) is 7.51. The first-order valence-electron chi connectivity index (χ1n) is 10.0. The number of hydrogen-bond acceptors (Lipinski definition) is 6. The zero-order chi connectivity index (χ0) is 21.1. The van der Waals surface area contributed by atoms with Gasteiger partial charge in [-0.15, -0.1) is 10.2 Å². The van der Waals surface area contributed by atoms with Gasteiger partial charge in [-0.3, -0.25) is 9.48 Å². The van der Waals surface area contributed by atoms with Crippen LogP contribution in [-0.2, 0) is 25.4 Å². The Morgan fingerprint density at radius 3 is 2.67 bits per heavy atom. The van der Waals surface area contributed by atoms with Gasteiger partial charge in [-0.1, -0.05) is 35.0 Å². The van der Waals surface area contributed by atoms with Crippen LogP contribution in [0.2, 0.25) is 0 Å². The summed E-state index contributed by atoms with van der Waals surface area (Å²) < 4.78 is 14.4. The third-order valence-corrected chi connectivity index (χ3v) is 5.27. The van der Waals surface area contributed by atoms with Gasteiger partial charge in [0.05, 0.1) is 0 Å². The monoisotopic (exact) mass is 410 g/mol. The van der Waals surface area contributed by atoms with Gasteiger partial charge in [0, 0.05) is 45.0 Å². The molecule has 1 aromatic carbocycles. The van der Waals surface area contributed by atoms with Crippen LogP contribution in [0.3, 0.4) is 0 Å². The van der Waals surface area contributed by atoms with E-state index in [1.54, 1.807) is 17.8 Å². The van der Waals surface area contributed by atoms with E-state index in [9.17, 15) is 4.79 Å². The van der Waals surface area contributed by atoms with Crippen LogP contribution in [0.25, 0.3) is 11.3 Å². The zero-order valence-electron chi connectivity index (χ0n) is 17.5. The van der Waals surface area contributed by atoms with E-state index in [-0.39, 0.29) is 18.6 Å². The van der Waals surface area contributed by atoms with Crippen molar-refractivity contribution in [1.29, 1.82) is 0 Å². The third kappa shape index (κ3) is 4.35. The predicted molar refractivity (Wildman–Crippen MR) is 110 cm³/mol. The largest absolute Gasteiger partial charge is 0.470 e. The van der Waals surface area contributed by atoms with Gasteiger partial charge in [-0.05, 0) is 19.8 Å². The number of nitrogens with zero attached hydrogens (tertiary/aromatic N) is 5. The highest BCUT2D eigenvalue weighted by Gasteiger charge is 2.21. The molecule has 1 aliphatic heterocycles. The molecule has 9 nitrogen and oxygen atoms in total. The van der Waals surface area contributed by atoms with Crippen molar-refractivity contribution in [3.05, 3.63) is 47.3 Å². The molecule has 9 heteroatoms. The minimum Gasteiger partial charge on any atom is -0.470 e. The molecule has 0 aliphatic carbocycles. The highest BCUT2D eigenvalue weighted by Crippen LogP contribution is 2.23. The van der Waals surface area contributed by atoms with Crippen LogP contribution in [0.15, 0.2) is 30.3 Å².